The number of carbonyl (C=O) groups is 1. The van der Waals surface area contributed by atoms with Gasteiger partial charge in [0.2, 0.25) is 5.91 Å². The van der Waals surface area contributed by atoms with Gasteiger partial charge in [0.25, 0.3) is 0 Å². The van der Waals surface area contributed by atoms with Gasteiger partial charge in [-0.05, 0) is 38.1 Å². The van der Waals surface area contributed by atoms with Gasteiger partial charge in [-0.2, -0.15) is 0 Å². The predicted octanol–water partition coefficient (Wildman–Crippen LogP) is 0.744. The third kappa shape index (κ3) is 4.99. The maximum atomic E-state index is 13.5. The fourth-order valence-electron chi connectivity index (χ4n) is 2.60. The molecule has 1 aliphatic rings. The van der Waals surface area contributed by atoms with Crippen LogP contribution in [-0.4, -0.2) is 49.6 Å². The lowest BCUT2D eigenvalue weighted by molar-refractivity contribution is -0.119. The quantitative estimate of drug-likeness (QED) is 0.779. The average Bonchev–Trinajstić information content (AvgIpc) is 2.49. The molecule has 0 atom stereocenters. The van der Waals surface area contributed by atoms with E-state index in [1.54, 1.807) is 18.2 Å². The molecule has 1 aromatic rings. The van der Waals surface area contributed by atoms with Crippen LogP contribution in [0.25, 0.3) is 0 Å². The summed E-state index contributed by atoms with van der Waals surface area (Å²) in [6.45, 7) is 2.98. The van der Waals surface area contributed by atoms with Crippen LogP contribution in [0.4, 0.5) is 4.39 Å². The molecule has 0 spiro atoms. The van der Waals surface area contributed by atoms with Crippen molar-refractivity contribution < 1.29 is 13.9 Å². The standard InChI is InChI=1S/C15H22FN3O2/c16-13-3-1-2-4-14(13)21-10-9-19(11-15(17)20)12-5-7-18-8-6-12/h1-4,12,18H,5-11H2,(H2,17,20). The van der Waals surface area contributed by atoms with Crippen molar-refractivity contribution in [2.24, 2.45) is 5.73 Å². The Kier molecular flexibility index (Phi) is 5.95. The van der Waals surface area contributed by atoms with Gasteiger partial charge in [0, 0.05) is 12.6 Å². The molecule has 1 amide bonds. The maximum Gasteiger partial charge on any atom is 0.231 e. The number of para-hydroxylation sites is 1. The molecule has 2 rings (SSSR count). The number of hydrogen-bond acceptors (Lipinski definition) is 4. The van der Waals surface area contributed by atoms with Crippen molar-refractivity contribution in [2.45, 2.75) is 18.9 Å². The molecule has 21 heavy (non-hydrogen) atoms. The van der Waals surface area contributed by atoms with Crippen LogP contribution in [-0.2, 0) is 4.79 Å². The molecule has 0 radical (unpaired) electrons. The van der Waals surface area contributed by atoms with Gasteiger partial charge in [-0.25, -0.2) is 4.39 Å². The van der Waals surface area contributed by atoms with E-state index < -0.39 is 0 Å². The van der Waals surface area contributed by atoms with Crippen molar-refractivity contribution in [1.29, 1.82) is 0 Å². The third-order valence-electron chi connectivity index (χ3n) is 3.66. The second-order valence-electron chi connectivity index (χ2n) is 5.20. The van der Waals surface area contributed by atoms with Gasteiger partial charge in [-0.3, -0.25) is 9.69 Å². The Morgan fingerprint density at radius 3 is 2.76 bits per heavy atom. The van der Waals surface area contributed by atoms with Gasteiger partial charge in [-0.15, -0.1) is 0 Å². The first kappa shape index (κ1) is 15.7. The minimum atomic E-state index is -0.374. The van der Waals surface area contributed by atoms with Gasteiger partial charge < -0.3 is 15.8 Å². The van der Waals surface area contributed by atoms with Crippen molar-refractivity contribution in [3.05, 3.63) is 30.1 Å². The van der Waals surface area contributed by atoms with Crippen molar-refractivity contribution in [1.82, 2.24) is 10.2 Å². The number of nitrogens with one attached hydrogen (secondary N) is 1. The number of carbonyl (C=O) groups excluding carboxylic acids is 1. The van der Waals surface area contributed by atoms with Crippen LogP contribution < -0.4 is 15.8 Å². The van der Waals surface area contributed by atoms with E-state index in [9.17, 15) is 9.18 Å². The summed E-state index contributed by atoms with van der Waals surface area (Å²) >= 11 is 0. The Bertz CT molecular complexity index is 464. The zero-order chi connectivity index (χ0) is 15.1. The molecule has 0 aliphatic carbocycles. The van der Waals surface area contributed by atoms with E-state index in [-0.39, 0.29) is 24.0 Å². The molecule has 1 heterocycles. The number of benzene rings is 1. The maximum absolute atomic E-state index is 13.5. The number of ether oxygens (including phenoxy) is 1. The van der Waals surface area contributed by atoms with Crippen LogP contribution in [0.2, 0.25) is 0 Å². The Morgan fingerprint density at radius 1 is 1.38 bits per heavy atom. The molecular formula is C15H22FN3O2. The second-order valence-corrected chi connectivity index (χ2v) is 5.20. The minimum absolute atomic E-state index is 0.214. The van der Waals surface area contributed by atoms with Gasteiger partial charge in [-0.1, -0.05) is 12.1 Å². The van der Waals surface area contributed by atoms with E-state index in [2.05, 4.69) is 5.32 Å². The van der Waals surface area contributed by atoms with Crippen LogP contribution in [0, 0.1) is 5.82 Å². The molecule has 1 fully saturated rings. The summed E-state index contributed by atoms with van der Waals surface area (Å²) in [6.07, 6.45) is 1.96. The molecule has 5 nitrogen and oxygen atoms in total. The lowest BCUT2D eigenvalue weighted by atomic mass is 10.0. The molecule has 0 unspecified atom stereocenters. The molecule has 116 valence electrons. The Balaban J connectivity index is 1.86. The first-order valence-corrected chi connectivity index (χ1v) is 7.27. The summed E-state index contributed by atoms with van der Waals surface area (Å²) < 4.78 is 18.9. The zero-order valence-electron chi connectivity index (χ0n) is 12.1. The normalized spacial score (nSPS) is 16.1. The van der Waals surface area contributed by atoms with Crippen LogP contribution in [0.1, 0.15) is 12.8 Å². The molecule has 6 heteroatoms. The highest BCUT2D eigenvalue weighted by Crippen LogP contribution is 2.16. The number of rotatable bonds is 7. The number of nitrogens with zero attached hydrogens (tertiary/aromatic N) is 1. The van der Waals surface area contributed by atoms with Crippen LogP contribution >= 0.6 is 0 Å². The molecule has 0 aromatic heterocycles. The Morgan fingerprint density at radius 2 is 2.10 bits per heavy atom. The smallest absolute Gasteiger partial charge is 0.231 e. The lowest BCUT2D eigenvalue weighted by Gasteiger charge is -2.33. The van der Waals surface area contributed by atoms with E-state index in [4.69, 9.17) is 10.5 Å². The molecular weight excluding hydrogens is 273 g/mol. The Labute approximate surface area is 124 Å². The highest BCUT2D eigenvalue weighted by Gasteiger charge is 2.22. The number of nitrogens with two attached hydrogens (primary N) is 1. The van der Waals surface area contributed by atoms with Crippen LogP contribution in [0.15, 0.2) is 24.3 Å². The topological polar surface area (TPSA) is 67.6 Å². The van der Waals surface area contributed by atoms with E-state index in [0.29, 0.717) is 19.2 Å². The third-order valence-corrected chi connectivity index (χ3v) is 3.66. The number of piperidine rings is 1. The number of halogens is 1. The van der Waals surface area contributed by atoms with Crippen molar-refractivity contribution >= 4 is 5.91 Å². The van der Waals surface area contributed by atoms with Gasteiger partial charge in [0.05, 0.1) is 6.54 Å². The monoisotopic (exact) mass is 295 g/mol. The van der Waals surface area contributed by atoms with E-state index in [1.807, 2.05) is 4.90 Å². The van der Waals surface area contributed by atoms with Gasteiger partial charge in [0.1, 0.15) is 6.61 Å². The van der Waals surface area contributed by atoms with E-state index >= 15 is 0 Å². The van der Waals surface area contributed by atoms with Crippen molar-refractivity contribution in [3.63, 3.8) is 0 Å². The summed E-state index contributed by atoms with van der Waals surface area (Å²) in [6, 6.07) is 6.63. The average molecular weight is 295 g/mol. The van der Waals surface area contributed by atoms with Gasteiger partial charge in [0.15, 0.2) is 11.6 Å². The molecule has 1 aromatic carbocycles. The second kappa shape index (κ2) is 7.95. The molecule has 0 saturated carbocycles. The summed E-state index contributed by atoms with van der Waals surface area (Å²) in [5.74, 6) is -0.484. The number of amides is 1. The van der Waals surface area contributed by atoms with E-state index in [0.717, 1.165) is 25.9 Å². The predicted molar refractivity (Wildman–Crippen MR) is 78.6 cm³/mol. The SMILES string of the molecule is NC(=O)CN(CCOc1ccccc1F)C1CCNCC1. The molecule has 1 aliphatic heterocycles. The molecule has 0 bridgehead atoms. The van der Waals surface area contributed by atoms with Gasteiger partial charge >= 0.3 is 0 Å². The minimum Gasteiger partial charge on any atom is -0.489 e. The Hall–Kier alpha value is -1.66. The number of hydrogen-bond donors (Lipinski definition) is 2. The van der Waals surface area contributed by atoms with Crippen LogP contribution in [0.5, 0.6) is 5.75 Å². The zero-order valence-corrected chi connectivity index (χ0v) is 12.1. The largest absolute Gasteiger partial charge is 0.489 e. The lowest BCUT2D eigenvalue weighted by Crippen LogP contribution is -2.47. The fourth-order valence-corrected chi connectivity index (χ4v) is 2.60. The highest BCUT2D eigenvalue weighted by atomic mass is 19.1. The fraction of sp³-hybridized carbons (Fsp3) is 0.533. The first-order chi connectivity index (χ1) is 10.2. The molecule has 3 N–H and O–H groups in total. The van der Waals surface area contributed by atoms with Crippen molar-refractivity contribution in [3.8, 4) is 5.75 Å². The summed E-state index contributed by atoms with van der Waals surface area (Å²) in [4.78, 5) is 13.2. The molecule has 1 saturated heterocycles. The first-order valence-electron chi connectivity index (χ1n) is 7.27. The van der Waals surface area contributed by atoms with E-state index in [1.165, 1.54) is 6.07 Å². The summed E-state index contributed by atoms with van der Waals surface area (Å²) in [7, 11) is 0. The number of primary amides is 1. The summed E-state index contributed by atoms with van der Waals surface area (Å²) in [5.41, 5.74) is 5.31. The van der Waals surface area contributed by atoms with Crippen LogP contribution in [0.3, 0.4) is 0 Å². The van der Waals surface area contributed by atoms with Crippen molar-refractivity contribution in [2.75, 3.05) is 32.8 Å². The highest BCUT2D eigenvalue weighted by molar-refractivity contribution is 5.75. The summed E-state index contributed by atoms with van der Waals surface area (Å²) in [5, 5.41) is 3.29.